The van der Waals surface area contributed by atoms with E-state index >= 15 is 0 Å². The van der Waals surface area contributed by atoms with Gasteiger partial charge in [0.15, 0.2) is 11.5 Å². The largest absolute Gasteiger partial charge is 0.486 e. The fourth-order valence-corrected chi connectivity index (χ4v) is 2.47. The molecule has 0 bridgehead atoms. The maximum atomic E-state index is 6.29. The molecule has 0 saturated carbocycles. The summed E-state index contributed by atoms with van der Waals surface area (Å²) in [4.78, 5) is 0.494. The van der Waals surface area contributed by atoms with Crippen LogP contribution in [0.3, 0.4) is 0 Å². The summed E-state index contributed by atoms with van der Waals surface area (Å²) in [5, 5.41) is 0.662. The number of nitrogens with two attached hydrogens (primary N) is 1. The lowest BCUT2D eigenvalue weighted by atomic mass is 9.88. The summed E-state index contributed by atoms with van der Waals surface area (Å²) < 4.78 is 11.0. The molecule has 0 amide bonds. The molecule has 18 heavy (non-hydrogen) atoms. The van der Waals surface area contributed by atoms with E-state index in [1.165, 1.54) is 0 Å². The predicted molar refractivity (Wildman–Crippen MR) is 76.8 cm³/mol. The van der Waals surface area contributed by atoms with Crippen LogP contribution in [-0.4, -0.2) is 18.2 Å². The van der Waals surface area contributed by atoms with Gasteiger partial charge in [-0.15, -0.1) is 0 Å². The van der Waals surface area contributed by atoms with Crippen molar-refractivity contribution in [1.29, 1.82) is 0 Å². The standard InChI is InChI=1S/C13H16ClNO2S/c1-7(8(2)13(15)18)9-5-11-12(6-10(9)14)17-4-3-16-11/h5-8H,3-4H2,1-2H3,(H2,15,18). The molecule has 0 aromatic heterocycles. The zero-order chi connectivity index (χ0) is 13.3. The average Bonchev–Trinajstić information content (AvgIpc) is 2.36. The van der Waals surface area contributed by atoms with Gasteiger partial charge in [-0.05, 0) is 17.5 Å². The maximum Gasteiger partial charge on any atom is 0.162 e. The summed E-state index contributed by atoms with van der Waals surface area (Å²) in [6.45, 7) is 5.18. The van der Waals surface area contributed by atoms with E-state index < -0.39 is 0 Å². The Hall–Kier alpha value is -1.00. The summed E-state index contributed by atoms with van der Waals surface area (Å²) in [5.74, 6) is 1.67. The fraction of sp³-hybridized carbons (Fsp3) is 0.462. The average molecular weight is 286 g/mol. The lowest BCUT2D eigenvalue weighted by Crippen LogP contribution is -2.23. The Labute approximate surface area is 117 Å². The van der Waals surface area contributed by atoms with Crippen molar-refractivity contribution in [3.05, 3.63) is 22.7 Å². The van der Waals surface area contributed by atoms with Crippen LogP contribution in [0.2, 0.25) is 5.02 Å². The summed E-state index contributed by atoms with van der Waals surface area (Å²) in [7, 11) is 0. The monoisotopic (exact) mass is 285 g/mol. The number of benzene rings is 1. The number of halogens is 1. The normalized spacial score (nSPS) is 17.1. The zero-order valence-electron chi connectivity index (χ0n) is 10.4. The zero-order valence-corrected chi connectivity index (χ0v) is 12.0. The van der Waals surface area contributed by atoms with Gasteiger partial charge in [0.05, 0.1) is 4.99 Å². The van der Waals surface area contributed by atoms with Gasteiger partial charge < -0.3 is 15.2 Å². The van der Waals surface area contributed by atoms with E-state index in [4.69, 9.17) is 39.0 Å². The SMILES string of the molecule is CC(C(N)=S)C(C)c1cc2c(cc1Cl)OCCO2. The smallest absolute Gasteiger partial charge is 0.162 e. The summed E-state index contributed by atoms with van der Waals surface area (Å²) >= 11 is 11.3. The Morgan fingerprint density at radius 2 is 1.83 bits per heavy atom. The first-order valence-electron chi connectivity index (χ1n) is 5.89. The van der Waals surface area contributed by atoms with Gasteiger partial charge in [-0.3, -0.25) is 0 Å². The van der Waals surface area contributed by atoms with Crippen LogP contribution in [-0.2, 0) is 0 Å². The van der Waals surface area contributed by atoms with Crippen LogP contribution in [0.1, 0.15) is 25.3 Å². The molecular weight excluding hydrogens is 270 g/mol. The highest BCUT2D eigenvalue weighted by atomic mass is 35.5. The number of ether oxygens (including phenoxy) is 2. The van der Waals surface area contributed by atoms with E-state index in [2.05, 4.69) is 6.92 Å². The first-order valence-corrected chi connectivity index (χ1v) is 6.67. The van der Waals surface area contributed by atoms with E-state index in [-0.39, 0.29) is 11.8 Å². The molecular formula is C13H16ClNO2S. The topological polar surface area (TPSA) is 44.5 Å². The fourth-order valence-electron chi connectivity index (χ4n) is 1.94. The van der Waals surface area contributed by atoms with Crippen LogP contribution in [0.5, 0.6) is 11.5 Å². The minimum atomic E-state index is 0.0834. The highest BCUT2D eigenvalue weighted by Gasteiger charge is 2.22. The number of hydrogen-bond acceptors (Lipinski definition) is 3. The molecule has 0 saturated heterocycles. The minimum Gasteiger partial charge on any atom is -0.486 e. The van der Waals surface area contributed by atoms with E-state index in [9.17, 15) is 0 Å². The molecule has 98 valence electrons. The van der Waals surface area contributed by atoms with Gasteiger partial charge >= 0.3 is 0 Å². The van der Waals surface area contributed by atoms with Gasteiger partial charge in [-0.25, -0.2) is 0 Å². The van der Waals surface area contributed by atoms with Crippen molar-refractivity contribution in [2.75, 3.05) is 13.2 Å². The number of thiocarbonyl (C=S) groups is 1. The van der Waals surface area contributed by atoms with Gasteiger partial charge in [-0.1, -0.05) is 37.7 Å². The molecule has 0 spiro atoms. The Bertz CT molecular complexity index is 478. The molecule has 0 aliphatic carbocycles. The molecule has 3 nitrogen and oxygen atoms in total. The Morgan fingerprint density at radius 3 is 2.39 bits per heavy atom. The van der Waals surface area contributed by atoms with E-state index in [1.54, 1.807) is 6.07 Å². The van der Waals surface area contributed by atoms with Crippen molar-refractivity contribution in [3.63, 3.8) is 0 Å². The third-order valence-electron chi connectivity index (χ3n) is 3.35. The maximum absolute atomic E-state index is 6.29. The molecule has 2 N–H and O–H groups in total. The van der Waals surface area contributed by atoms with Crippen molar-refractivity contribution < 1.29 is 9.47 Å². The first kappa shape index (κ1) is 13.4. The molecule has 1 aromatic carbocycles. The van der Waals surface area contributed by atoms with Crippen LogP contribution >= 0.6 is 23.8 Å². The van der Waals surface area contributed by atoms with E-state index in [1.807, 2.05) is 13.0 Å². The molecule has 2 atom stereocenters. The molecule has 1 heterocycles. The predicted octanol–water partition coefficient (Wildman–Crippen LogP) is 3.14. The molecule has 2 rings (SSSR count). The molecule has 0 radical (unpaired) electrons. The van der Waals surface area contributed by atoms with Crippen LogP contribution in [0.4, 0.5) is 0 Å². The third-order valence-corrected chi connectivity index (χ3v) is 4.05. The Balaban J connectivity index is 2.36. The van der Waals surface area contributed by atoms with Crippen LogP contribution in [0.25, 0.3) is 0 Å². The molecule has 0 fully saturated rings. The Kier molecular flexibility index (Phi) is 3.97. The second-order valence-corrected chi connectivity index (χ2v) is 5.38. The van der Waals surface area contributed by atoms with Crippen molar-refractivity contribution in [2.24, 2.45) is 11.7 Å². The number of fused-ring (bicyclic) bond motifs is 1. The molecule has 1 aliphatic rings. The van der Waals surface area contributed by atoms with Gasteiger partial charge in [-0.2, -0.15) is 0 Å². The molecule has 1 aliphatic heterocycles. The summed E-state index contributed by atoms with van der Waals surface area (Å²) in [6, 6.07) is 3.73. The highest BCUT2D eigenvalue weighted by Crippen LogP contribution is 2.40. The minimum absolute atomic E-state index is 0.0834. The van der Waals surface area contributed by atoms with Crippen molar-refractivity contribution in [2.45, 2.75) is 19.8 Å². The second kappa shape index (κ2) is 5.33. The van der Waals surface area contributed by atoms with Gasteiger partial charge in [0.1, 0.15) is 13.2 Å². The van der Waals surface area contributed by atoms with Crippen LogP contribution < -0.4 is 15.2 Å². The lowest BCUT2D eigenvalue weighted by molar-refractivity contribution is 0.171. The number of rotatable bonds is 3. The van der Waals surface area contributed by atoms with E-state index in [0.29, 0.717) is 29.0 Å². The third kappa shape index (κ3) is 2.54. The van der Waals surface area contributed by atoms with Crippen molar-refractivity contribution >= 4 is 28.8 Å². The Morgan fingerprint density at radius 1 is 1.28 bits per heavy atom. The highest BCUT2D eigenvalue weighted by molar-refractivity contribution is 7.80. The number of hydrogen-bond donors (Lipinski definition) is 1. The molecule has 1 aromatic rings. The lowest BCUT2D eigenvalue weighted by Gasteiger charge is -2.24. The quantitative estimate of drug-likeness (QED) is 0.867. The second-order valence-electron chi connectivity index (χ2n) is 4.50. The summed E-state index contributed by atoms with van der Waals surface area (Å²) in [6.07, 6.45) is 0. The molecule has 2 unspecified atom stereocenters. The first-order chi connectivity index (χ1) is 8.50. The summed E-state index contributed by atoms with van der Waals surface area (Å²) in [5.41, 5.74) is 6.68. The van der Waals surface area contributed by atoms with Crippen molar-refractivity contribution in [1.82, 2.24) is 0 Å². The molecule has 5 heteroatoms. The van der Waals surface area contributed by atoms with Gasteiger partial charge in [0.2, 0.25) is 0 Å². The van der Waals surface area contributed by atoms with Crippen LogP contribution in [0, 0.1) is 5.92 Å². The van der Waals surface area contributed by atoms with Crippen LogP contribution in [0.15, 0.2) is 12.1 Å². The van der Waals surface area contributed by atoms with E-state index in [0.717, 1.165) is 11.3 Å². The van der Waals surface area contributed by atoms with Gasteiger partial charge in [0.25, 0.3) is 0 Å². The van der Waals surface area contributed by atoms with Gasteiger partial charge in [0, 0.05) is 17.0 Å². The van der Waals surface area contributed by atoms with Crippen molar-refractivity contribution in [3.8, 4) is 11.5 Å².